The van der Waals surface area contributed by atoms with Gasteiger partial charge < -0.3 is 9.53 Å². The Hall–Kier alpha value is -0.370. The van der Waals surface area contributed by atoms with E-state index in [0.717, 1.165) is 38.8 Å². The van der Waals surface area contributed by atoms with Crippen LogP contribution in [0.5, 0.6) is 0 Å². The van der Waals surface area contributed by atoms with Gasteiger partial charge >= 0.3 is 0 Å². The van der Waals surface area contributed by atoms with E-state index >= 15 is 0 Å². The third-order valence-corrected chi connectivity index (χ3v) is 2.62. The molecule has 0 aromatic rings. The molecule has 0 saturated carbocycles. The van der Waals surface area contributed by atoms with E-state index in [9.17, 15) is 4.79 Å². The number of hydrogen-bond acceptors (Lipinski definition) is 2. The first-order chi connectivity index (χ1) is 5.97. The van der Waals surface area contributed by atoms with Crippen molar-refractivity contribution in [2.45, 2.75) is 40.0 Å². The molecule has 0 atom stereocenters. The molecule has 0 N–H and O–H groups in total. The molecule has 76 valence electrons. The van der Waals surface area contributed by atoms with Crippen molar-refractivity contribution in [2.24, 2.45) is 10.8 Å². The van der Waals surface area contributed by atoms with Gasteiger partial charge in [0.25, 0.3) is 0 Å². The Morgan fingerprint density at radius 2 is 1.85 bits per heavy atom. The molecule has 0 aromatic heterocycles. The standard InChI is InChI=1S/C11H20O2/c1-10(2,3)8-11(9-12)4-6-13-7-5-11/h9H,4-8H2,1-3H3. The van der Waals surface area contributed by atoms with Crippen molar-refractivity contribution < 1.29 is 9.53 Å². The molecule has 0 spiro atoms. The molecule has 1 saturated heterocycles. The molecule has 1 rings (SSSR count). The summed E-state index contributed by atoms with van der Waals surface area (Å²) >= 11 is 0. The predicted octanol–water partition coefficient (Wildman–Crippen LogP) is 2.42. The van der Waals surface area contributed by atoms with Crippen molar-refractivity contribution in [3.05, 3.63) is 0 Å². The van der Waals surface area contributed by atoms with Crippen LogP contribution in [0, 0.1) is 10.8 Å². The van der Waals surface area contributed by atoms with Gasteiger partial charge in [-0.15, -0.1) is 0 Å². The second-order valence-electron chi connectivity index (χ2n) is 5.33. The van der Waals surface area contributed by atoms with E-state index in [1.807, 2.05) is 0 Å². The molecule has 1 fully saturated rings. The predicted molar refractivity (Wildman–Crippen MR) is 52.6 cm³/mol. The van der Waals surface area contributed by atoms with Gasteiger partial charge in [-0.25, -0.2) is 0 Å². The van der Waals surface area contributed by atoms with Crippen molar-refractivity contribution in [1.82, 2.24) is 0 Å². The van der Waals surface area contributed by atoms with E-state index in [0.29, 0.717) is 0 Å². The third-order valence-electron chi connectivity index (χ3n) is 2.62. The molecule has 13 heavy (non-hydrogen) atoms. The maximum atomic E-state index is 11.1. The molecule has 1 aliphatic heterocycles. The first-order valence-electron chi connectivity index (χ1n) is 5.02. The Morgan fingerprint density at radius 3 is 2.23 bits per heavy atom. The zero-order valence-corrected chi connectivity index (χ0v) is 8.93. The molecular weight excluding hydrogens is 164 g/mol. The van der Waals surface area contributed by atoms with Crippen LogP contribution in [0.15, 0.2) is 0 Å². The monoisotopic (exact) mass is 184 g/mol. The third kappa shape index (κ3) is 3.11. The first kappa shape index (κ1) is 10.7. The normalized spacial score (nSPS) is 22.7. The smallest absolute Gasteiger partial charge is 0.126 e. The van der Waals surface area contributed by atoms with Crippen molar-refractivity contribution >= 4 is 6.29 Å². The summed E-state index contributed by atoms with van der Waals surface area (Å²) < 4.78 is 5.28. The van der Waals surface area contributed by atoms with Gasteiger partial charge in [-0.1, -0.05) is 20.8 Å². The fraction of sp³-hybridized carbons (Fsp3) is 0.909. The van der Waals surface area contributed by atoms with Gasteiger partial charge in [0.2, 0.25) is 0 Å². The summed E-state index contributed by atoms with van der Waals surface area (Å²) in [5, 5.41) is 0. The topological polar surface area (TPSA) is 26.3 Å². The minimum Gasteiger partial charge on any atom is -0.381 e. The lowest BCUT2D eigenvalue weighted by molar-refractivity contribution is -0.123. The summed E-state index contributed by atoms with van der Waals surface area (Å²) in [6.45, 7) is 8.05. The molecule has 0 radical (unpaired) electrons. The number of carbonyl (C=O) groups excluding carboxylic acids is 1. The number of hydrogen-bond donors (Lipinski definition) is 0. The summed E-state index contributed by atoms with van der Waals surface area (Å²) in [6.07, 6.45) is 3.93. The van der Waals surface area contributed by atoms with Crippen molar-refractivity contribution in [2.75, 3.05) is 13.2 Å². The van der Waals surface area contributed by atoms with E-state index in [1.165, 1.54) is 0 Å². The lowest BCUT2D eigenvalue weighted by Gasteiger charge is -2.37. The summed E-state index contributed by atoms with van der Waals surface area (Å²) in [5.74, 6) is 0. The van der Waals surface area contributed by atoms with Gasteiger partial charge in [-0.2, -0.15) is 0 Å². The molecule has 0 aliphatic carbocycles. The average Bonchev–Trinajstić information content (AvgIpc) is 2.03. The van der Waals surface area contributed by atoms with Gasteiger partial charge in [0.15, 0.2) is 0 Å². The van der Waals surface area contributed by atoms with Crippen LogP contribution in [-0.2, 0) is 9.53 Å². The molecule has 1 heterocycles. The fourth-order valence-electron chi connectivity index (χ4n) is 2.17. The molecular formula is C11H20O2. The van der Waals surface area contributed by atoms with Crippen LogP contribution in [0.25, 0.3) is 0 Å². The SMILES string of the molecule is CC(C)(C)CC1(C=O)CCOCC1. The van der Waals surface area contributed by atoms with Crippen LogP contribution in [0.2, 0.25) is 0 Å². The second kappa shape index (κ2) is 3.79. The number of aldehydes is 1. The molecule has 1 aliphatic rings. The fourth-order valence-corrected chi connectivity index (χ4v) is 2.17. The maximum Gasteiger partial charge on any atom is 0.126 e. The van der Waals surface area contributed by atoms with E-state index < -0.39 is 0 Å². The van der Waals surface area contributed by atoms with Crippen molar-refractivity contribution in [3.8, 4) is 0 Å². The molecule has 0 amide bonds. The van der Waals surface area contributed by atoms with E-state index in [2.05, 4.69) is 20.8 Å². The van der Waals surface area contributed by atoms with Gasteiger partial charge in [0.1, 0.15) is 6.29 Å². The molecule has 2 heteroatoms. The second-order valence-corrected chi connectivity index (χ2v) is 5.33. The summed E-state index contributed by atoms with van der Waals surface area (Å²) in [6, 6.07) is 0. The highest BCUT2D eigenvalue weighted by Gasteiger charge is 2.35. The van der Waals surface area contributed by atoms with E-state index in [4.69, 9.17) is 4.74 Å². The number of ether oxygens (including phenoxy) is 1. The minimum atomic E-state index is -0.101. The van der Waals surface area contributed by atoms with Crippen molar-refractivity contribution in [1.29, 1.82) is 0 Å². The van der Waals surface area contributed by atoms with Gasteiger partial charge in [-0.05, 0) is 24.7 Å². The van der Waals surface area contributed by atoms with Gasteiger partial charge in [0, 0.05) is 18.6 Å². The van der Waals surface area contributed by atoms with Crippen molar-refractivity contribution in [3.63, 3.8) is 0 Å². The van der Waals surface area contributed by atoms with Crippen LogP contribution in [0.1, 0.15) is 40.0 Å². The summed E-state index contributed by atoms with van der Waals surface area (Å²) in [5.41, 5.74) is 0.134. The van der Waals surface area contributed by atoms with Crippen LogP contribution in [-0.4, -0.2) is 19.5 Å². The van der Waals surface area contributed by atoms with Crippen LogP contribution >= 0.6 is 0 Å². The van der Waals surface area contributed by atoms with E-state index in [-0.39, 0.29) is 10.8 Å². The highest BCUT2D eigenvalue weighted by molar-refractivity contribution is 5.59. The zero-order chi connectivity index (χ0) is 9.95. The lowest BCUT2D eigenvalue weighted by atomic mass is 9.70. The highest BCUT2D eigenvalue weighted by Crippen LogP contribution is 2.39. The average molecular weight is 184 g/mol. The number of carbonyl (C=O) groups is 1. The Labute approximate surface area is 80.7 Å². The van der Waals surface area contributed by atoms with Gasteiger partial charge in [0.05, 0.1) is 0 Å². The Balaban J connectivity index is 2.63. The van der Waals surface area contributed by atoms with Gasteiger partial charge in [-0.3, -0.25) is 0 Å². The molecule has 0 bridgehead atoms. The lowest BCUT2D eigenvalue weighted by Crippen LogP contribution is -2.34. The largest absolute Gasteiger partial charge is 0.381 e. The van der Waals surface area contributed by atoms with E-state index in [1.54, 1.807) is 0 Å². The van der Waals surface area contributed by atoms with Crippen LogP contribution in [0.3, 0.4) is 0 Å². The zero-order valence-electron chi connectivity index (χ0n) is 8.93. The Kier molecular flexibility index (Phi) is 3.12. The molecule has 0 unspecified atom stereocenters. The van der Waals surface area contributed by atoms with Crippen LogP contribution in [0.4, 0.5) is 0 Å². The quantitative estimate of drug-likeness (QED) is 0.616. The highest BCUT2D eigenvalue weighted by atomic mass is 16.5. The Bertz CT molecular complexity index is 173. The Morgan fingerprint density at radius 1 is 1.31 bits per heavy atom. The maximum absolute atomic E-state index is 11.1. The minimum absolute atomic E-state index is 0.101. The molecule has 0 aromatic carbocycles. The van der Waals surface area contributed by atoms with Crippen LogP contribution < -0.4 is 0 Å². The first-order valence-corrected chi connectivity index (χ1v) is 5.02. The summed E-state index contributed by atoms with van der Waals surface area (Å²) in [7, 11) is 0. The molecule has 2 nitrogen and oxygen atoms in total. The number of rotatable bonds is 2. The summed E-state index contributed by atoms with van der Waals surface area (Å²) in [4.78, 5) is 11.1.